The molecule has 0 aromatic carbocycles. The van der Waals surface area contributed by atoms with Crippen LogP contribution in [0.1, 0.15) is 6.92 Å². The Kier molecular flexibility index (Phi) is 3.74. The monoisotopic (exact) mass is 183 g/mol. The minimum absolute atomic E-state index is 0.0531. The summed E-state index contributed by atoms with van der Waals surface area (Å²) in [7, 11) is 1.60. The van der Waals surface area contributed by atoms with Gasteiger partial charge in [0.2, 0.25) is 0 Å². The highest BCUT2D eigenvalue weighted by Crippen LogP contribution is 2.08. The van der Waals surface area contributed by atoms with E-state index in [0.29, 0.717) is 13.2 Å². The van der Waals surface area contributed by atoms with Crippen molar-refractivity contribution in [3.05, 3.63) is 0 Å². The lowest BCUT2D eigenvalue weighted by atomic mass is 10.2. The number of ether oxygens (including phenoxy) is 2. The highest BCUT2D eigenvalue weighted by molar-refractivity contribution is 5.93. The van der Waals surface area contributed by atoms with E-state index in [-0.39, 0.29) is 18.1 Å². The summed E-state index contributed by atoms with van der Waals surface area (Å²) in [6.07, 6.45) is -0.0531. The van der Waals surface area contributed by atoms with Crippen molar-refractivity contribution in [2.24, 2.45) is 0 Å². The van der Waals surface area contributed by atoms with Crippen LogP contribution < -0.4 is 5.32 Å². The third kappa shape index (κ3) is 2.72. The Balaban J connectivity index is 2.42. The van der Waals surface area contributed by atoms with Crippen LogP contribution in [0.2, 0.25) is 0 Å². The van der Waals surface area contributed by atoms with Gasteiger partial charge in [-0.05, 0) is 12.8 Å². The van der Waals surface area contributed by atoms with Gasteiger partial charge in [0, 0.05) is 7.11 Å². The average Bonchev–Trinajstić information content (AvgIpc) is 2.52. The quantitative estimate of drug-likeness (QED) is 0.589. The molecule has 0 aliphatic carbocycles. The van der Waals surface area contributed by atoms with Gasteiger partial charge in [-0.2, -0.15) is 0 Å². The maximum absolute atomic E-state index is 11.1. The Bertz CT molecular complexity index is 241. The summed E-state index contributed by atoms with van der Waals surface area (Å²) in [6, 6.07) is -0.0710. The van der Waals surface area contributed by atoms with Crippen LogP contribution in [-0.2, 0) is 14.3 Å². The normalized spacial score (nSPS) is 26.3. The third-order valence-electron chi connectivity index (χ3n) is 1.89. The highest BCUT2D eigenvalue weighted by Gasteiger charge is 2.28. The lowest BCUT2D eigenvalue weighted by Crippen LogP contribution is -2.42. The van der Waals surface area contributed by atoms with E-state index in [1.807, 2.05) is 0 Å². The van der Waals surface area contributed by atoms with Crippen molar-refractivity contribution in [2.45, 2.75) is 19.1 Å². The molecule has 1 fully saturated rings. The minimum atomic E-state index is -0.278. The zero-order valence-corrected chi connectivity index (χ0v) is 7.79. The van der Waals surface area contributed by atoms with E-state index in [1.165, 1.54) is 0 Å². The van der Waals surface area contributed by atoms with Gasteiger partial charge in [0.05, 0.1) is 19.3 Å². The standard InChI is InChI=1S/C9H13NO3/c1-3-4-9(11)10-7-5-13-6-8(7)12-2/h7-8H,5-6H2,1-2H3,(H,10,11)/t7-,8-/m0/s1. The predicted molar refractivity (Wildman–Crippen MR) is 47.0 cm³/mol. The summed E-state index contributed by atoms with van der Waals surface area (Å²) in [5.74, 6) is 4.66. The summed E-state index contributed by atoms with van der Waals surface area (Å²) >= 11 is 0. The summed E-state index contributed by atoms with van der Waals surface area (Å²) in [5, 5.41) is 2.72. The van der Waals surface area contributed by atoms with E-state index in [1.54, 1.807) is 14.0 Å². The third-order valence-corrected chi connectivity index (χ3v) is 1.89. The molecule has 0 saturated carbocycles. The van der Waals surface area contributed by atoms with Crippen molar-refractivity contribution in [1.82, 2.24) is 5.32 Å². The number of nitrogens with one attached hydrogen (secondary N) is 1. The van der Waals surface area contributed by atoms with E-state index in [0.717, 1.165) is 0 Å². The van der Waals surface area contributed by atoms with E-state index < -0.39 is 0 Å². The molecule has 1 amide bonds. The summed E-state index contributed by atoms with van der Waals surface area (Å²) < 4.78 is 10.3. The predicted octanol–water partition coefficient (Wildman–Crippen LogP) is -0.460. The number of hydrogen-bond acceptors (Lipinski definition) is 3. The van der Waals surface area contributed by atoms with Crippen LogP contribution in [-0.4, -0.2) is 38.4 Å². The summed E-state index contributed by atoms with van der Waals surface area (Å²) in [4.78, 5) is 11.1. The van der Waals surface area contributed by atoms with E-state index in [9.17, 15) is 4.79 Å². The fourth-order valence-electron chi connectivity index (χ4n) is 1.22. The second-order valence-corrected chi connectivity index (χ2v) is 2.77. The van der Waals surface area contributed by atoms with Crippen molar-refractivity contribution < 1.29 is 14.3 Å². The Morgan fingerprint density at radius 3 is 3.00 bits per heavy atom. The van der Waals surface area contributed by atoms with Crippen molar-refractivity contribution in [2.75, 3.05) is 20.3 Å². The van der Waals surface area contributed by atoms with Crippen molar-refractivity contribution in [1.29, 1.82) is 0 Å². The lowest BCUT2D eigenvalue weighted by molar-refractivity contribution is -0.117. The van der Waals surface area contributed by atoms with Gasteiger partial charge in [0.25, 0.3) is 5.91 Å². The first-order chi connectivity index (χ1) is 6.27. The first-order valence-electron chi connectivity index (χ1n) is 4.11. The van der Waals surface area contributed by atoms with Crippen LogP contribution >= 0.6 is 0 Å². The molecule has 0 unspecified atom stereocenters. The Hall–Kier alpha value is -1.05. The van der Waals surface area contributed by atoms with Gasteiger partial charge in [-0.15, -0.1) is 0 Å². The SMILES string of the molecule is CC#CC(=O)N[C@H]1COC[C@@H]1OC. The van der Waals surface area contributed by atoms with E-state index in [4.69, 9.17) is 9.47 Å². The number of carbonyl (C=O) groups is 1. The first kappa shape index (κ1) is 10.0. The zero-order chi connectivity index (χ0) is 9.68. The van der Waals surface area contributed by atoms with Crippen LogP contribution in [0.15, 0.2) is 0 Å². The first-order valence-corrected chi connectivity index (χ1v) is 4.11. The number of methoxy groups -OCH3 is 1. The molecular weight excluding hydrogens is 170 g/mol. The fraction of sp³-hybridized carbons (Fsp3) is 0.667. The molecule has 1 aliphatic rings. The van der Waals surface area contributed by atoms with E-state index >= 15 is 0 Å². The fourth-order valence-corrected chi connectivity index (χ4v) is 1.22. The molecular formula is C9H13NO3. The van der Waals surface area contributed by atoms with Gasteiger partial charge in [0.15, 0.2) is 0 Å². The largest absolute Gasteiger partial charge is 0.377 e. The average molecular weight is 183 g/mol. The summed E-state index contributed by atoms with van der Waals surface area (Å²) in [5.41, 5.74) is 0. The molecule has 1 heterocycles. The molecule has 1 rings (SSSR count). The molecule has 1 aliphatic heterocycles. The van der Waals surface area contributed by atoms with Crippen LogP contribution in [0, 0.1) is 11.8 Å². The maximum atomic E-state index is 11.1. The van der Waals surface area contributed by atoms with Crippen molar-refractivity contribution in [3.8, 4) is 11.8 Å². The van der Waals surface area contributed by atoms with Crippen LogP contribution in [0.25, 0.3) is 0 Å². The molecule has 13 heavy (non-hydrogen) atoms. The van der Waals surface area contributed by atoms with Gasteiger partial charge >= 0.3 is 0 Å². The van der Waals surface area contributed by atoms with Crippen LogP contribution in [0.4, 0.5) is 0 Å². The van der Waals surface area contributed by atoms with Gasteiger partial charge < -0.3 is 14.8 Å². The van der Waals surface area contributed by atoms with Crippen LogP contribution in [0.5, 0.6) is 0 Å². The molecule has 1 saturated heterocycles. The molecule has 0 bridgehead atoms. The Morgan fingerprint density at radius 1 is 1.62 bits per heavy atom. The molecule has 1 N–H and O–H groups in total. The van der Waals surface area contributed by atoms with Crippen molar-refractivity contribution >= 4 is 5.91 Å². The molecule has 0 spiro atoms. The van der Waals surface area contributed by atoms with Crippen molar-refractivity contribution in [3.63, 3.8) is 0 Å². The minimum Gasteiger partial charge on any atom is -0.377 e. The number of hydrogen-bond donors (Lipinski definition) is 1. The maximum Gasteiger partial charge on any atom is 0.296 e. The second kappa shape index (κ2) is 4.85. The zero-order valence-electron chi connectivity index (χ0n) is 7.79. The van der Waals surface area contributed by atoms with Crippen LogP contribution in [0.3, 0.4) is 0 Å². The van der Waals surface area contributed by atoms with Gasteiger partial charge in [-0.25, -0.2) is 0 Å². The Morgan fingerprint density at radius 2 is 2.38 bits per heavy atom. The van der Waals surface area contributed by atoms with Gasteiger partial charge in [0.1, 0.15) is 6.10 Å². The number of amides is 1. The van der Waals surface area contributed by atoms with Gasteiger partial charge in [-0.3, -0.25) is 4.79 Å². The second-order valence-electron chi connectivity index (χ2n) is 2.77. The van der Waals surface area contributed by atoms with E-state index in [2.05, 4.69) is 17.2 Å². The topological polar surface area (TPSA) is 47.6 Å². The number of rotatable bonds is 2. The van der Waals surface area contributed by atoms with Gasteiger partial charge in [-0.1, -0.05) is 5.92 Å². The molecule has 4 heteroatoms. The molecule has 0 aromatic rings. The molecule has 2 atom stereocenters. The molecule has 4 nitrogen and oxygen atoms in total. The lowest BCUT2D eigenvalue weighted by Gasteiger charge is -2.15. The molecule has 72 valence electrons. The summed E-state index contributed by atoms with van der Waals surface area (Å²) in [6.45, 7) is 2.65. The smallest absolute Gasteiger partial charge is 0.296 e. The number of carbonyl (C=O) groups excluding carboxylic acids is 1. The molecule has 0 radical (unpaired) electrons. The molecule has 0 aromatic heterocycles. The Labute approximate surface area is 77.6 Å². The highest BCUT2D eigenvalue weighted by atomic mass is 16.5.